The lowest BCUT2D eigenvalue weighted by Crippen LogP contribution is -2.38. The second kappa shape index (κ2) is 67.0. The molecule has 11 atom stereocenters. The van der Waals surface area contributed by atoms with Crippen LogP contribution in [0.1, 0.15) is 301 Å². The molecule has 1 aromatic rings. The van der Waals surface area contributed by atoms with E-state index in [9.17, 15) is 81.5 Å². The van der Waals surface area contributed by atoms with Gasteiger partial charge in [-0.15, -0.1) is 0 Å². The van der Waals surface area contributed by atoms with Crippen molar-refractivity contribution < 1.29 is 215 Å². The first-order chi connectivity index (χ1) is 70.2. The quantitative estimate of drug-likeness (QED) is 0.0359. The van der Waals surface area contributed by atoms with Gasteiger partial charge in [0.2, 0.25) is 0 Å². The topological polar surface area (TPSA) is 560 Å². The largest absolute Gasteiger partial charge is 0.509 e. The smallest absolute Gasteiger partial charge is 0.465 e. The Morgan fingerprint density at radius 3 is 1.11 bits per heavy atom. The van der Waals surface area contributed by atoms with Crippen molar-refractivity contribution in [1.82, 2.24) is 0 Å². The number of esters is 9. The number of rotatable bonds is 52. The Morgan fingerprint density at radius 1 is 0.340 bits per heavy atom. The Hall–Kier alpha value is -11.5. The summed E-state index contributed by atoms with van der Waals surface area (Å²) in [6.45, 7) is 50.4. The molecule has 8 saturated heterocycles. The van der Waals surface area contributed by atoms with Gasteiger partial charge < -0.3 is 133 Å². The van der Waals surface area contributed by atoms with E-state index in [1.807, 2.05) is 169 Å². The van der Waals surface area contributed by atoms with Gasteiger partial charge in [-0.05, 0) is 226 Å². The van der Waals surface area contributed by atoms with Crippen molar-refractivity contribution in [3.63, 3.8) is 0 Å². The summed E-state index contributed by atoms with van der Waals surface area (Å²) in [5.74, 6) is -2.92. The summed E-state index contributed by atoms with van der Waals surface area (Å²) in [6.07, 6.45) is 4.09. The molecule has 0 amide bonds. The fourth-order valence-corrected chi connectivity index (χ4v) is 11.6. The number of carbonyl (C=O) groups is 17. The zero-order valence-electron chi connectivity index (χ0n) is 92.7. The predicted octanol–water partition coefficient (Wildman–Crippen LogP) is 17.2. The lowest BCUT2D eigenvalue weighted by Gasteiger charge is -2.25. The second-order valence-corrected chi connectivity index (χ2v) is 41.7. The van der Waals surface area contributed by atoms with Gasteiger partial charge in [-0.1, -0.05) is 105 Å². The molecule has 0 bridgehead atoms. The fraction of sp³-hybridized carbons (Fsp3) is 0.781. The molecule has 8 aliphatic heterocycles. The minimum absolute atomic E-state index is 0.0103. The highest BCUT2D eigenvalue weighted by Gasteiger charge is 2.45. The van der Waals surface area contributed by atoms with Gasteiger partial charge in [-0.25, -0.2) is 43.2 Å². The van der Waals surface area contributed by atoms with Crippen molar-refractivity contribution in [1.29, 1.82) is 0 Å². The lowest BCUT2D eigenvalue weighted by atomic mass is 9.90. The molecule has 0 radical (unpaired) electrons. The third kappa shape index (κ3) is 52.0. The van der Waals surface area contributed by atoms with E-state index >= 15 is 0 Å². The molecule has 1 aromatic carbocycles. The Kier molecular flexibility index (Phi) is 60.1. The Balaban J connectivity index is 0.000000581. The minimum Gasteiger partial charge on any atom is -0.465 e. The summed E-state index contributed by atoms with van der Waals surface area (Å²) >= 11 is 0. The fourth-order valence-electron chi connectivity index (χ4n) is 11.6. The molecule has 1 N–H and O–H groups in total. The van der Waals surface area contributed by atoms with Gasteiger partial charge in [-0.3, -0.25) is 38.4 Å². The Morgan fingerprint density at radius 2 is 0.707 bits per heavy atom. The zero-order chi connectivity index (χ0) is 113. The summed E-state index contributed by atoms with van der Waals surface area (Å²) in [4.78, 5) is 192. The summed E-state index contributed by atoms with van der Waals surface area (Å²) in [5, 5.41) is 8.93. The number of unbranched alkanes of at least 4 members (excludes halogenated alkanes) is 4. The molecule has 0 spiro atoms. The maximum Gasteiger partial charge on any atom is 0.509 e. The van der Waals surface area contributed by atoms with Crippen LogP contribution in [0, 0.1) is 43.3 Å². The van der Waals surface area contributed by atoms with Crippen LogP contribution >= 0.6 is 0 Å². The second-order valence-electron chi connectivity index (χ2n) is 41.7. The number of aliphatic hydroxyl groups is 1. The van der Waals surface area contributed by atoms with E-state index in [2.05, 4.69) is 35.3 Å². The highest BCUT2D eigenvalue weighted by molar-refractivity contribution is 5.81. The molecule has 150 heavy (non-hydrogen) atoms. The van der Waals surface area contributed by atoms with Gasteiger partial charge in [0.1, 0.15) is 104 Å². The maximum absolute atomic E-state index is 12.1. The molecule has 45 heteroatoms. The molecule has 45 nitrogen and oxygen atoms in total. The van der Waals surface area contributed by atoms with E-state index in [-0.39, 0.29) is 152 Å². The third-order valence-corrected chi connectivity index (χ3v) is 25.8. The average Bonchev–Trinajstić information content (AvgIpc) is 1.70. The summed E-state index contributed by atoms with van der Waals surface area (Å²) in [5.41, 5.74) is -3.95. The van der Waals surface area contributed by atoms with E-state index in [0.29, 0.717) is 78.0 Å². The molecule has 8 aliphatic rings. The van der Waals surface area contributed by atoms with Gasteiger partial charge in [-0.2, -0.15) is 0 Å². The monoisotopic (exact) mass is 2150 g/mol. The third-order valence-electron chi connectivity index (χ3n) is 25.8. The van der Waals surface area contributed by atoms with Crippen LogP contribution in [0.3, 0.4) is 0 Å². The van der Waals surface area contributed by atoms with E-state index < -0.39 is 153 Å². The number of aliphatic hydroxyl groups excluding tert-OH is 1. The molecule has 9 rings (SSSR count). The van der Waals surface area contributed by atoms with Crippen molar-refractivity contribution in [2.75, 3.05) is 119 Å². The van der Waals surface area contributed by atoms with Gasteiger partial charge in [0.15, 0.2) is 48.8 Å². The predicted molar refractivity (Wildman–Crippen MR) is 528 cm³/mol. The van der Waals surface area contributed by atoms with Crippen LogP contribution in [0.5, 0.6) is 0 Å². The lowest BCUT2D eigenvalue weighted by molar-refractivity contribution is -0.165. The molecular weight excluding hydrogens is 1980 g/mol. The summed E-state index contributed by atoms with van der Waals surface area (Å²) < 4.78 is 134. The minimum atomic E-state index is -0.851. The molecule has 8 fully saturated rings. The van der Waals surface area contributed by atoms with Crippen molar-refractivity contribution in [2.24, 2.45) is 43.3 Å². The van der Waals surface area contributed by atoms with Crippen LogP contribution in [-0.2, 0) is 178 Å². The Labute approximate surface area is 880 Å². The van der Waals surface area contributed by atoms with Crippen LogP contribution in [0.2, 0.25) is 0 Å². The van der Waals surface area contributed by atoms with Crippen LogP contribution < -0.4 is 0 Å². The first-order valence-electron chi connectivity index (χ1n) is 51.4. The van der Waals surface area contributed by atoms with Gasteiger partial charge in [0.25, 0.3) is 0 Å². The first-order valence-corrected chi connectivity index (χ1v) is 51.4. The van der Waals surface area contributed by atoms with Crippen LogP contribution in [0.15, 0.2) is 30.3 Å². The Bertz CT molecular complexity index is 4340. The van der Waals surface area contributed by atoms with Crippen LogP contribution in [0.25, 0.3) is 0 Å². The van der Waals surface area contributed by atoms with E-state index in [1.54, 1.807) is 34.6 Å². The highest BCUT2D eigenvalue weighted by atomic mass is 16.8. The van der Waals surface area contributed by atoms with Crippen molar-refractivity contribution in [2.45, 2.75) is 369 Å². The average molecular weight is 2150 g/mol. The molecule has 0 aromatic heterocycles. The maximum atomic E-state index is 12.1. The number of cyclic esters (lactones) is 16. The summed E-state index contributed by atoms with van der Waals surface area (Å²) in [7, 11) is 0. The number of hydrogen-bond donors (Lipinski definition) is 1. The summed E-state index contributed by atoms with van der Waals surface area (Å²) in [6, 6.07) is 9.61. The molecular formula is C105H168O45. The molecule has 858 valence electrons. The normalized spacial score (nSPS) is 20.6. The van der Waals surface area contributed by atoms with Gasteiger partial charge in [0.05, 0.1) is 83.0 Å². The highest BCUT2D eigenvalue weighted by Crippen LogP contribution is 2.33. The van der Waals surface area contributed by atoms with Gasteiger partial charge >= 0.3 is 103 Å². The molecule has 0 aliphatic carbocycles. The zero-order valence-corrected chi connectivity index (χ0v) is 92.7. The molecule has 11 unspecified atom stereocenters. The van der Waals surface area contributed by atoms with E-state index in [0.717, 1.165) is 76.2 Å². The molecule has 0 saturated carbocycles. The van der Waals surface area contributed by atoms with Crippen LogP contribution in [0.4, 0.5) is 38.4 Å². The number of ether oxygens (including phenoxy) is 27. The standard InChI is InChI=1S/C18H24O6.C15H26O5.C14H24O5.C12H18O7.C12H20O6.C12H20O5.C11H18O6.C11H18O5/c1-4-18(2,3)16(19)22-11-14(15-12-23-17(20)24-15)21-10-13-8-6-5-7-9-13;1-5-7-8-9-11-12(20-14(17)19-11)10-18-13(16)15(3,4)6-2;1-4-14(2,3)12(15)17-9-7-5-6-8-11-10-18-13(16)19-11;1-4-12(2,3)10(14)17-7-9(13)16-5-8-6-18-11(15)19-8;1-4-12(2,3)10(13)16-6-5-15-7-9-8-17-11(14)18-9;1-4-12(2,3)10(13)15-7-5-6-9-8-16-11(14)17-9;1-4-11(2,3)9(13)15-6-8-7(5-12)16-10(14)17-8;1-5-10(2,3)8(12)14-6-11(4)7-15-9(13)16-11/h5-9,14-15H,4,10-12H2,1-3H3;11-12H,5-10H2,1-4H3;11H,4-10H2,1-3H3;8H,4-7H2,1-3H3;9H,4-8H2,1-3H3;9H,4-8H2,1-3H3;7-8,12H,4-6H2,1-3H3;5-7H2,1-4H3. The van der Waals surface area contributed by atoms with Gasteiger partial charge in [0, 0.05) is 0 Å². The van der Waals surface area contributed by atoms with Crippen LogP contribution in [-0.4, -0.2) is 294 Å². The first kappa shape index (κ1) is 135. The SMILES string of the molecule is CCC(C)(C)C(=O)OCC(=O)OCC1COC(=O)O1.CCC(C)(C)C(=O)OCC(OCc1ccccc1)C1COC(=O)O1.CCC(C)(C)C(=O)OCC1(C)COC(=O)O1.CCC(C)(C)C(=O)OCC1OC(=O)OC1CO.CCC(C)(C)C(=O)OCCCC1COC(=O)O1.CCC(C)(C)C(=O)OCCCCCC1COC(=O)O1.CCC(C)(C)C(=O)OCCOCC1COC(=O)O1.CCCCCC1OC(=O)OC1COC(=O)C(C)(C)CC. The number of carbonyl (C=O) groups excluding carboxylic acids is 17. The number of hydrogen-bond acceptors (Lipinski definition) is 45. The van der Waals surface area contributed by atoms with Crippen molar-refractivity contribution >= 4 is 103 Å². The van der Waals surface area contributed by atoms with E-state index in [1.165, 1.54) is 0 Å². The number of benzene rings is 1. The van der Waals surface area contributed by atoms with Crippen molar-refractivity contribution in [3.8, 4) is 0 Å². The molecule has 8 heterocycles. The van der Waals surface area contributed by atoms with E-state index in [4.69, 9.17) is 105 Å². The van der Waals surface area contributed by atoms with Crippen molar-refractivity contribution in [3.05, 3.63) is 35.9 Å².